The van der Waals surface area contributed by atoms with Crippen LogP contribution in [-0.4, -0.2) is 31.3 Å². The molecule has 1 N–H and O–H groups in total. The van der Waals surface area contributed by atoms with Crippen molar-refractivity contribution in [1.82, 2.24) is 0 Å². The summed E-state index contributed by atoms with van der Waals surface area (Å²) in [6.07, 6.45) is 0. The number of aromatic hydroxyl groups is 1. The summed E-state index contributed by atoms with van der Waals surface area (Å²) in [6.45, 7) is 0. The maximum Gasteiger partial charge on any atom is 0.123 e. The largest absolute Gasteiger partial charge is 0.507 e. The van der Waals surface area contributed by atoms with Crippen molar-refractivity contribution in [3.63, 3.8) is 0 Å². The number of rotatable bonds is 0. The Balaban J connectivity index is 0.000000720. The van der Waals surface area contributed by atoms with E-state index in [9.17, 15) is 5.11 Å². The van der Waals surface area contributed by atoms with Crippen molar-refractivity contribution in [2.24, 2.45) is 0 Å². The second-order valence-electron chi connectivity index (χ2n) is 2.50. The molecule has 0 saturated heterocycles. The topological polar surface area (TPSA) is 20.2 Å². The summed E-state index contributed by atoms with van der Waals surface area (Å²) in [5, 5.41) is 11.4. The first kappa shape index (κ1) is 9.47. The summed E-state index contributed by atoms with van der Waals surface area (Å²) in [6, 6.07) is 13.3. The van der Waals surface area contributed by atoms with Crippen molar-refractivity contribution < 1.29 is 5.11 Å². The van der Waals surface area contributed by atoms with Crippen molar-refractivity contribution in [2.45, 2.75) is 0 Å². The van der Waals surface area contributed by atoms with Gasteiger partial charge in [-0.3, -0.25) is 0 Å². The van der Waals surface area contributed by atoms with Gasteiger partial charge in [-0.05, 0) is 11.5 Å². The molecule has 59 valence electrons. The summed E-state index contributed by atoms with van der Waals surface area (Å²) in [7, 11) is 0. The van der Waals surface area contributed by atoms with Gasteiger partial charge in [-0.1, -0.05) is 36.4 Å². The Kier molecular flexibility index (Phi) is 3.05. The van der Waals surface area contributed by atoms with Crippen LogP contribution in [0.15, 0.2) is 42.5 Å². The molecule has 0 heterocycles. The molecule has 0 bridgehead atoms. The zero-order valence-electron chi connectivity index (χ0n) is 6.44. The summed E-state index contributed by atoms with van der Waals surface area (Å²) < 4.78 is 0. The van der Waals surface area contributed by atoms with E-state index in [1.54, 1.807) is 6.07 Å². The Bertz CT molecular complexity index is 379. The van der Waals surface area contributed by atoms with Crippen LogP contribution in [0.5, 0.6) is 5.75 Å². The van der Waals surface area contributed by atoms with Gasteiger partial charge in [0, 0.05) is 31.6 Å². The number of hydrogen-bond donors (Lipinski definition) is 1. The molecule has 0 fully saturated rings. The smallest absolute Gasteiger partial charge is 0.123 e. The third-order valence-corrected chi connectivity index (χ3v) is 1.77. The van der Waals surface area contributed by atoms with E-state index in [0.29, 0.717) is 5.75 Å². The fourth-order valence-electron chi connectivity index (χ4n) is 1.21. The molecule has 2 heteroatoms. The van der Waals surface area contributed by atoms with E-state index in [4.69, 9.17) is 0 Å². The van der Waals surface area contributed by atoms with Gasteiger partial charge in [-0.15, -0.1) is 0 Å². The molecule has 0 unspecified atom stereocenters. The van der Waals surface area contributed by atoms with Crippen LogP contribution in [0.3, 0.4) is 0 Å². The Morgan fingerprint density at radius 3 is 2.25 bits per heavy atom. The molecule has 1 nitrogen and oxygen atoms in total. The van der Waals surface area contributed by atoms with Crippen LogP contribution in [-0.2, 0) is 0 Å². The van der Waals surface area contributed by atoms with E-state index in [1.807, 2.05) is 36.4 Å². The average Bonchev–Trinajstić information content (AvgIpc) is 2.06. The quantitative estimate of drug-likeness (QED) is 0.720. The zero-order chi connectivity index (χ0) is 7.68. The normalized spacial score (nSPS) is 9.33. The van der Waals surface area contributed by atoms with Gasteiger partial charge in [0.05, 0.1) is 0 Å². The van der Waals surface area contributed by atoms with Crippen LogP contribution in [0, 0.1) is 0 Å². The number of phenols is 1. The molecule has 2 aromatic carbocycles. The first-order valence-corrected chi connectivity index (χ1v) is 3.54. The molecule has 3 radical (unpaired) electrons. The molecule has 0 atom stereocenters. The van der Waals surface area contributed by atoms with Crippen LogP contribution in [0.4, 0.5) is 0 Å². The maximum atomic E-state index is 9.37. The summed E-state index contributed by atoms with van der Waals surface area (Å²) in [4.78, 5) is 0. The number of benzene rings is 2. The Labute approximate surface area is 90.2 Å². The molecule has 0 spiro atoms. The van der Waals surface area contributed by atoms with Gasteiger partial charge in [-0.2, -0.15) is 0 Å². The van der Waals surface area contributed by atoms with Gasteiger partial charge >= 0.3 is 0 Å². The zero-order valence-corrected chi connectivity index (χ0v) is 9.91. The van der Waals surface area contributed by atoms with Gasteiger partial charge in [0.15, 0.2) is 0 Å². The molecule has 2 aromatic rings. The number of hydrogen-bond acceptors (Lipinski definition) is 1. The fraction of sp³-hybridized carbons (Fsp3) is 0. The minimum Gasteiger partial charge on any atom is -0.507 e. The van der Waals surface area contributed by atoms with E-state index < -0.39 is 0 Å². The van der Waals surface area contributed by atoms with Crippen molar-refractivity contribution >= 4 is 37.0 Å². The minimum atomic E-state index is 0. The maximum absolute atomic E-state index is 9.37. The molecular weight excluding hydrogens is 345 g/mol. The SMILES string of the molecule is Oc1cccc2ccccc12.[Bi]. The van der Waals surface area contributed by atoms with E-state index in [0.717, 1.165) is 10.8 Å². The summed E-state index contributed by atoms with van der Waals surface area (Å²) in [5.74, 6) is 0.350. The van der Waals surface area contributed by atoms with Crippen LogP contribution in [0.1, 0.15) is 0 Å². The summed E-state index contributed by atoms with van der Waals surface area (Å²) >= 11 is 0. The van der Waals surface area contributed by atoms with Crippen molar-refractivity contribution in [2.75, 3.05) is 0 Å². The van der Waals surface area contributed by atoms with E-state index in [-0.39, 0.29) is 26.2 Å². The summed E-state index contributed by atoms with van der Waals surface area (Å²) in [5.41, 5.74) is 0. The van der Waals surface area contributed by atoms with Crippen LogP contribution in [0.2, 0.25) is 0 Å². The monoisotopic (exact) mass is 353 g/mol. The van der Waals surface area contributed by atoms with E-state index in [2.05, 4.69) is 0 Å². The number of fused-ring (bicyclic) bond motifs is 1. The van der Waals surface area contributed by atoms with Crippen molar-refractivity contribution in [1.29, 1.82) is 0 Å². The van der Waals surface area contributed by atoms with Crippen LogP contribution < -0.4 is 0 Å². The van der Waals surface area contributed by atoms with Crippen molar-refractivity contribution in [3.8, 4) is 5.75 Å². The van der Waals surface area contributed by atoms with Gasteiger partial charge in [0.2, 0.25) is 0 Å². The Hall–Kier alpha value is -0.617. The predicted molar refractivity (Wildman–Crippen MR) is 51.4 cm³/mol. The molecule has 0 saturated carbocycles. The van der Waals surface area contributed by atoms with Crippen LogP contribution in [0.25, 0.3) is 10.8 Å². The third-order valence-electron chi connectivity index (χ3n) is 1.77. The molecule has 0 aliphatic carbocycles. The van der Waals surface area contributed by atoms with Gasteiger partial charge in [0.25, 0.3) is 0 Å². The Morgan fingerprint density at radius 1 is 0.833 bits per heavy atom. The Morgan fingerprint density at radius 2 is 1.50 bits per heavy atom. The van der Waals surface area contributed by atoms with Crippen molar-refractivity contribution in [3.05, 3.63) is 42.5 Å². The first-order valence-electron chi connectivity index (χ1n) is 3.54. The molecule has 0 aliphatic heterocycles. The molecule has 12 heavy (non-hydrogen) atoms. The van der Waals surface area contributed by atoms with E-state index >= 15 is 0 Å². The second-order valence-corrected chi connectivity index (χ2v) is 2.50. The average molecular weight is 353 g/mol. The fourth-order valence-corrected chi connectivity index (χ4v) is 1.21. The minimum absolute atomic E-state index is 0. The standard InChI is InChI=1S/C10H8O.Bi/c11-10-7-3-5-8-4-1-2-6-9(8)10;/h1-7,11H;. The molecular formula is C10H8BiO. The van der Waals surface area contributed by atoms with Gasteiger partial charge in [-0.25, -0.2) is 0 Å². The van der Waals surface area contributed by atoms with Gasteiger partial charge in [0.1, 0.15) is 5.75 Å². The second kappa shape index (κ2) is 3.86. The number of phenolic OH excluding ortho intramolecular Hbond substituents is 1. The van der Waals surface area contributed by atoms with Gasteiger partial charge < -0.3 is 5.11 Å². The molecule has 2 rings (SSSR count). The molecule has 0 aromatic heterocycles. The predicted octanol–water partition coefficient (Wildman–Crippen LogP) is 2.16. The molecule has 0 aliphatic rings. The third kappa shape index (κ3) is 1.59. The van der Waals surface area contributed by atoms with Crippen LogP contribution >= 0.6 is 0 Å². The first-order chi connectivity index (χ1) is 5.38. The van der Waals surface area contributed by atoms with E-state index in [1.165, 1.54) is 0 Å². The molecule has 0 amide bonds.